The van der Waals surface area contributed by atoms with E-state index in [9.17, 15) is 43.5 Å². The van der Waals surface area contributed by atoms with E-state index in [0.29, 0.717) is 13.1 Å². The maximum atomic E-state index is 14.6. The summed E-state index contributed by atoms with van der Waals surface area (Å²) in [6.45, 7) is 19.9. The fourth-order valence-corrected chi connectivity index (χ4v) is 7.80. The number of carbonyl (C=O) groups is 8. The van der Waals surface area contributed by atoms with Gasteiger partial charge in [-0.1, -0.05) is 41.5 Å². The molecular formula is C45H80N8O10. The molecule has 2 heterocycles. The molecule has 2 rings (SSSR count). The summed E-state index contributed by atoms with van der Waals surface area (Å²) >= 11 is 0. The number of piperidine rings is 1. The first-order chi connectivity index (χ1) is 29.1. The molecule has 2 aliphatic heterocycles. The number of nitrogens with one attached hydrogen (secondary N) is 3. The highest BCUT2D eigenvalue weighted by Crippen LogP contribution is 2.21. The van der Waals surface area contributed by atoms with Gasteiger partial charge >= 0.3 is 0 Å². The van der Waals surface area contributed by atoms with Gasteiger partial charge in [-0.3, -0.25) is 38.4 Å². The Morgan fingerprint density at radius 3 is 1.52 bits per heavy atom. The first-order valence-electron chi connectivity index (χ1n) is 22.7. The maximum Gasteiger partial charge on any atom is 0.248 e. The minimum Gasteiger partial charge on any atom is -0.391 e. The Morgan fingerprint density at radius 1 is 0.651 bits per heavy atom. The molecule has 63 heavy (non-hydrogen) atoms. The lowest BCUT2D eigenvalue weighted by atomic mass is 9.98. The molecule has 0 bridgehead atoms. The lowest BCUT2D eigenvalue weighted by Crippen LogP contribution is -2.63. The molecule has 0 aromatic rings. The summed E-state index contributed by atoms with van der Waals surface area (Å²) in [5.41, 5.74) is -0.753. The van der Waals surface area contributed by atoms with Crippen LogP contribution in [0, 0.1) is 17.8 Å². The first kappa shape index (κ1) is 54.8. The van der Waals surface area contributed by atoms with Crippen LogP contribution < -0.4 is 16.0 Å². The summed E-state index contributed by atoms with van der Waals surface area (Å²) in [4.78, 5) is 121. The van der Waals surface area contributed by atoms with Crippen molar-refractivity contribution in [2.24, 2.45) is 17.8 Å². The van der Waals surface area contributed by atoms with Crippen molar-refractivity contribution in [3.63, 3.8) is 0 Å². The van der Waals surface area contributed by atoms with Crippen LogP contribution in [-0.4, -0.2) is 179 Å². The molecule has 0 aromatic carbocycles. The highest BCUT2D eigenvalue weighted by Gasteiger charge is 2.42. The van der Waals surface area contributed by atoms with Crippen molar-refractivity contribution in [2.45, 2.75) is 175 Å². The third-order valence-corrected chi connectivity index (χ3v) is 11.8. The van der Waals surface area contributed by atoms with Crippen LogP contribution >= 0.6 is 0 Å². The Bertz CT molecular complexity index is 1610. The van der Waals surface area contributed by atoms with Gasteiger partial charge in [-0.2, -0.15) is 0 Å². The van der Waals surface area contributed by atoms with Crippen molar-refractivity contribution in [1.29, 1.82) is 0 Å². The van der Waals surface area contributed by atoms with Crippen molar-refractivity contribution in [2.75, 3.05) is 47.9 Å². The summed E-state index contributed by atoms with van der Waals surface area (Å²) in [5, 5.41) is 19.2. The molecule has 4 N–H and O–H groups in total. The molecule has 0 aliphatic carbocycles. The number of hydrogen-bond acceptors (Lipinski definition) is 10. The molecule has 18 heteroatoms. The van der Waals surface area contributed by atoms with Gasteiger partial charge in [0.25, 0.3) is 0 Å². The monoisotopic (exact) mass is 893 g/mol. The van der Waals surface area contributed by atoms with E-state index in [0.717, 1.165) is 24.2 Å². The molecule has 2 saturated heterocycles. The number of likely N-dealkylation sites (N-methyl/N-ethyl adjacent to an activating group) is 4. The Kier molecular flexibility index (Phi) is 21.0. The quantitative estimate of drug-likeness (QED) is 0.248. The number of rotatable bonds is 10. The van der Waals surface area contributed by atoms with Crippen LogP contribution in [0.1, 0.15) is 121 Å². The minimum atomic E-state index is -1.54. The summed E-state index contributed by atoms with van der Waals surface area (Å²) < 4.78 is 6.04. The van der Waals surface area contributed by atoms with Crippen LogP contribution in [0.4, 0.5) is 0 Å². The summed E-state index contributed by atoms with van der Waals surface area (Å²) in [7, 11) is 5.64. The number of carbonyl (C=O) groups excluding carboxylic acids is 8. The van der Waals surface area contributed by atoms with Gasteiger partial charge in [0, 0.05) is 41.3 Å². The van der Waals surface area contributed by atoms with E-state index in [1.54, 1.807) is 25.7 Å². The van der Waals surface area contributed by atoms with Gasteiger partial charge in [-0.05, 0) is 90.9 Å². The molecule has 2 fully saturated rings. The van der Waals surface area contributed by atoms with E-state index in [1.807, 2.05) is 41.5 Å². The fourth-order valence-electron chi connectivity index (χ4n) is 7.80. The van der Waals surface area contributed by atoms with Gasteiger partial charge in [0.2, 0.25) is 47.3 Å². The van der Waals surface area contributed by atoms with Crippen LogP contribution in [0.5, 0.6) is 0 Å². The van der Waals surface area contributed by atoms with E-state index in [2.05, 4.69) is 16.0 Å². The normalized spacial score (nSPS) is 27.1. The van der Waals surface area contributed by atoms with Crippen LogP contribution in [0.15, 0.2) is 0 Å². The maximum absolute atomic E-state index is 14.6. The van der Waals surface area contributed by atoms with Crippen LogP contribution in [-0.2, 0) is 43.1 Å². The van der Waals surface area contributed by atoms with Crippen molar-refractivity contribution >= 4 is 47.3 Å². The SMILES string of the molecule is CC(C)C[C@H]1C(=O)N[C@H](C(=O)N2CCCCC2)CC(=O)N(C)[C@H](C)C(=O)N(C)[C@@H](CC(C)C)C(=O)N[C@@H]([C@@H](C)O)C(=O)N(C)[C@@H](CC(C)C)C(=O)N[C@@H](COC(C)(C)C)C(=O)N1C. The zero-order chi connectivity index (χ0) is 48.3. The third-order valence-electron chi connectivity index (χ3n) is 11.8. The Hall–Kier alpha value is -4.32. The predicted molar refractivity (Wildman–Crippen MR) is 238 cm³/mol. The van der Waals surface area contributed by atoms with Gasteiger partial charge < -0.3 is 50.3 Å². The molecule has 0 aromatic heterocycles. The number of aliphatic hydroxyl groups is 1. The van der Waals surface area contributed by atoms with E-state index in [-0.39, 0.29) is 43.6 Å². The minimum absolute atomic E-state index is 0.117. The fraction of sp³-hybridized carbons (Fsp3) is 0.822. The predicted octanol–water partition coefficient (Wildman–Crippen LogP) is 1.52. The Balaban J connectivity index is 2.88. The molecule has 2 aliphatic rings. The number of hydrogen-bond donors (Lipinski definition) is 4. The highest BCUT2D eigenvalue weighted by atomic mass is 16.5. The van der Waals surface area contributed by atoms with Gasteiger partial charge in [0.05, 0.1) is 24.7 Å². The van der Waals surface area contributed by atoms with Crippen molar-refractivity contribution in [1.82, 2.24) is 40.4 Å². The molecule has 360 valence electrons. The van der Waals surface area contributed by atoms with Crippen LogP contribution in [0.25, 0.3) is 0 Å². The summed E-state index contributed by atoms with van der Waals surface area (Å²) in [5.74, 6) is -5.68. The van der Waals surface area contributed by atoms with E-state index in [1.165, 1.54) is 56.7 Å². The van der Waals surface area contributed by atoms with Gasteiger partial charge in [-0.15, -0.1) is 0 Å². The third kappa shape index (κ3) is 16.0. The second-order valence-electron chi connectivity index (χ2n) is 19.8. The van der Waals surface area contributed by atoms with Gasteiger partial charge in [0.15, 0.2) is 0 Å². The van der Waals surface area contributed by atoms with Crippen molar-refractivity contribution in [3.8, 4) is 0 Å². The molecule has 8 atom stereocenters. The average Bonchev–Trinajstić information content (AvgIpc) is 3.20. The zero-order valence-corrected chi connectivity index (χ0v) is 40.8. The number of ether oxygens (including phenoxy) is 1. The molecule has 0 radical (unpaired) electrons. The number of nitrogens with zero attached hydrogens (tertiary/aromatic N) is 5. The van der Waals surface area contributed by atoms with Crippen LogP contribution in [0.3, 0.4) is 0 Å². The lowest BCUT2D eigenvalue weighted by Gasteiger charge is -2.37. The second-order valence-corrected chi connectivity index (χ2v) is 19.8. The molecular weight excluding hydrogens is 813 g/mol. The Labute approximate surface area is 375 Å². The zero-order valence-electron chi connectivity index (χ0n) is 40.8. The smallest absolute Gasteiger partial charge is 0.248 e. The molecule has 0 saturated carbocycles. The topological polar surface area (TPSA) is 218 Å². The van der Waals surface area contributed by atoms with E-state index in [4.69, 9.17) is 4.74 Å². The molecule has 8 amide bonds. The lowest BCUT2D eigenvalue weighted by molar-refractivity contribution is -0.151. The highest BCUT2D eigenvalue weighted by molar-refractivity contribution is 5.99. The average molecular weight is 893 g/mol. The summed E-state index contributed by atoms with van der Waals surface area (Å²) in [6, 6.07) is -8.86. The molecule has 0 unspecified atom stereocenters. The number of aliphatic hydroxyl groups excluding tert-OH is 1. The van der Waals surface area contributed by atoms with E-state index >= 15 is 0 Å². The molecule has 0 spiro atoms. The van der Waals surface area contributed by atoms with Crippen molar-refractivity contribution < 1.29 is 48.2 Å². The Morgan fingerprint density at radius 2 is 1.08 bits per heavy atom. The molecule has 18 nitrogen and oxygen atoms in total. The first-order valence-corrected chi connectivity index (χ1v) is 22.7. The number of amides is 8. The van der Waals surface area contributed by atoms with Crippen LogP contribution in [0.2, 0.25) is 0 Å². The second kappa shape index (κ2) is 24.1. The standard InChI is InChI=1S/C45H80N8O10/c1-26(2)21-33-38(56)46-31(43(61)53-19-17-16-18-20-53)24-36(55)49(12)29(7)41(59)50(13)35(23-28(5)6)40(58)48-37(30(8)54)44(62)52(15)34(22-27(3)4)39(57)47-32(42(60)51(33)14)25-63-45(9,10)11/h26-35,37,54H,16-25H2,1-15H3,(H,46,56)(H,47,57)(H,48,58)/t29-,30-,31+,32+,33+,34+,35+,37+/m1/s1. The van der Waals surface area contributed by atoms with E-state index < -0.39 is 108 Å². The van der Waals surface area contributed by atoms with Crippen molar-refractivity contribution in [3.05, 3.63) is 0 Å². The number of likely N-dealkylation sites (tertiary alicyclic amines) is 1. The summed E-state index contributed by atoms with van der Waals surface area (Å²) in [6.07, 6.45) is 0.936. The largest absolute Gasteiger partial charge is 0.391 e. The van der Waals surface area contributed by atoms with Gasteiger partial charge in [0.1, 0.15) is 42.3 Å². The van der Waals surface area contributed by atoms with Gasteiger partial charge in [-0.25, -0.2) is 0 Å².